The first-order valence-corrected chi connectivity index (χ1v) is 3.85. The Morgan fingerprint density at radius 3 is 2.40 bits per heavy atom. The Morgan fingerprint density at radius 1 is 1.50 bits per heavy atom. The first-order chi connectivity index (χ1) is 4.13. The summed E-state index contributed by atoms with van der Waals surface area (Å²) in [7, 11) is -4.04. The quantitative estimate of drug-likeness (QED) is 0.404. The monoisotopic (exact) mass is 176 g/mol. The molecule has 5 nitrogen and oxygen atoms in total. The summed E-state index contributed by atoms with van der Waals surface area (Å²) in [6.45, 7) is 0.0584. The van der Waals surface area contributed by atoms with Gasteiger partial charge in [0.05, 0.1) is 6.61 Å². The van der Waals surface area contributed by atoms with Gasteiger partial charge in [0.25, 0.3) is 0 Å². The fraction of sp³-hybridized carbons (Fsp3) is 0.667. The van der Waals surface area contributed by atoms with Crippen molar-refractivity contribution in [2.75, 3.05) is 13.2 Å². The van der Waals surface area contributed by atoms with Crippen molar-refractivity contribution in [1.82, 2.24) is 0 Å². The maximum absolute atomic E-state index is 10.4. The molecule has 1 aliphatic heterocycles. The summed E-state index contributed by atoms with van der Waals surface area (Å²) in [5.41, 5.74) is -1.16. The van der Waals surface area contributed by atoms with E-state index in [9.17, 15) is 9.36 Å². The van der Waals surface area contributed by atoms with Gasteiger partial charge in [0.15, 0.2) is 0 Å². The number of hydrogen-bond acceptors (Lipinski definition) is 4. The van der Waals surface area contributed by atoms with Crippen molar-refractivity contribution in [3.8, 4) is 0 Å². The van der Waals surface area contributed by atoms with Gasteiger partial charge >= 0.3 is 42.9 Å². The van der Waals surface area contributed by atoms with Crippen LogP contribution in [-0.2, 0) is 13.8 Å². The molecule has 0 aromatic carbocycles. The van der Waals surface area contributed by atoms with Crippen LogP contribution in [0.15, 0.2) is 0 Å². The van der Waals surface area contributed by atoms with Gasteiger partial charge in [-0.2, -0.15) is 0 Å². The number of ether oxygens (including phenoxy) is 1. The summed E-state index contributed by atoms with van der Waals surface area (Å²) < 4.78 is 18.9. The standard InChI is InChI=1S/C3H5O5P.Na.H/c4-3-7-1-2-8-9(3,5)6;;/h1-2H2,(H,5,6);;. The van der Waals surface area contributed by atoms with Crippen LogP contribution in [0.5, 0.6) is 0 Å². The van der Waals surface area contributed by atoms with Crippen LogP contribution in [0.25, 0.3) is 0 Å². The van der Waals surface area contributed by atoms with Crippen LogP contribution in [0.3, 0.4) is 0 Å². The van der Waals surface area contributed by atoms with Gasteiger partial charge in [0, 0.05) is 0 Å². The molecule has 1 fully saturated rings. The molecule has 0 bridgehead atoms. The topological polar surface area (TPSA) is 72.8 Å². The Balaban J connectivity index is 0.000000810. The molecule has 54 valence electrons. The Bertz CT molecular complexity index is 180. The molecule has 0 amide bonds. The van der Waals surface area contributed by atoms with E-state index in [1.54, 1.807) is 0 Å². The van der Waals surface area contributed by atoms with Gasteiger partial charge in [-0.3, -0.25) is 4.52 Å². The Hall–Kier alpha value is 0.620. The Morgan fingerprint density at radius 2 is 2.10 bits per heavy atom. The molecule has 0 saturated carbocycles. The predicted molar refractivity (Wildman–Crippen MR) is 34.3 cm³/mol. The maximum atomic E-state index is 10.4. The second-order valence-corrected chi connectivity index (χ2v) is 3.13. The number of carbonyl (C=O) groups excluding carboxylic acids is 1. The zero-order chi connectivity index (χ0) is 6.91. The van der Waals surface area contributed by atoms with Gasteiger partial charge in [-0.25, -0.2) is 9.36 Å². The summed E-state index contributed by atoms with van der Waals surface area (Å²) in [6.07, 6.45) is 0. The van der Waals surface area contributed by atoms with Crippen LogP contribution in [0.2, 0.25) is 0 Å². The molecule has 1 unspecified atom stereocenters. The normalized spacial score (nSPS) is 32.3. The molecular weight excluding hydrogens is 170 g/mol. The first kappa shape index (κ1) is 10.6. The molecule has 1 N–H and O–H groups in total. The average Bonchev–Trinajstić information content (AvgIpc) is 1.77. The minimum atomic E-state index is -4.04. The number of carbonyl (C=O) groups is 1. The Kier molecular flexibility index (Phi) is 4.09. The third-order valence-electron chi connectivity index (χ3n) is 0.806. The molecule has 1 atom stereocenters. The van der Waals surface area contributed by atoms with E-state index in [1.807, 2.05) is 0 Å². The fourth-order valence-corrected chi connectivity index (χ4v) is 1.11. The van der Waals surface area contributed by atoms with Crippen molar-refractivity contribution >= 4 is 42.9 Å². The van der Waals surface area contributed by atoms with Gasteiger partial charge in [0.1, 0.15) is 6.61 Å². The average molecular weight is 176 g/mol. The van der Waals surface area contributed by atoms with Gasteiger partial charge in [0.2, 0.25) is 0 Å². The van der Waals surface area contributed by atoms with Crippen LogP contribution in [0.1, 0.15) is 0 Å². The van der Waals surface area contributed by atoms with Crippen molar-refractivity contribution in [1.29, 1.82) is 0 Å². The zero-order valence-corrected chi connectivity index (χ0v) is 5.34. The molecule has 0 aromatic rings. The number of cyclic esters (lactones) is 1. The summed E-state index contributed by atoms with van der Waals surface area (Å²) in [5, 5.41) is 0. The second-order valence-electron chi connectivity index (χ2n) is 1.47. The second kappa shape index (κ2) is 3.85. The molecular formula is C3H6NaO5P. The molecule has 1 heterocycles. The van der Waals surface area contributed by atoms with Gasteiger partial charge < -0.3 is 9.63 Å². The van der Waals surface area contributed by atoms with Crippen LogP contribution < -0.4 is 0 Å². The molecule has 1 saturated heterocycles. The summed E-state index contributed by atoms with van der Waals surface area (Å²) in [5.74, 6) is 0. The minimum absolute atomic E-state index is 0. The van der Waals surface area contributed by atoms with Crippen molar-refractivity contribution < 1.29 is 23.5 Å². The van der Waals surface area contributed by atoms with Crippen LogP contribution in [0.4, 0.5) is 4.79 Å². The Labute approximate surface area is 79.5 Å². The fourth-order valence-electron chi connectivity index (χ4n) is 0.424. The van der Waals surface area contributed by atoms with E-state index in [0.717, 1.165) is 0 Å². The van der Waals surface area contributed by atoms with Gasteiger partial charge in [-0.1, -0.05) is 0 Å². The van der Waals surface area contributed by atoms with E-state index in [-0.39, 0.29) is 42.8 Å². The van der Waals surface area contributed by atoms with Crippen molar-refractivity contribution in [2.45, 2.75) is 0 Å². The van der Waals surface area contributed by atoms with Gasteiger partial charge in [-0.05, 0) is 0 Å². The molecule has 1 rings (SSSR count). The molecule has 0 aliphatic carbocycles. The predicted octanol–water partition coefficient (Wildman–Crippen LogP) is -0.310. The molecule has 0 aromatic heterocycles. The SMILES string of the molecule is O=C1OCCOP1(=O)O.[NaH]. The molecule has 7 heteroatoms. The molecule has 0 spiro atoms. The van der Waals surface area contributed by atoms with Crippen molar-refractivity contribution in [2.24, 2.45) is 0 Å². The molecule has 0 radical (unpaired) electrons. The van der Waals surface area contributed by atoms with E-state index in [2.05, 4.69) is 9.26 Å². The van der Waals surface area contributed by atoms with E-state index in [1.165, 1.54) is 0 Å². The van der Waals surface area contributed by atoms with Crippen LogP contribution >= 0.6 is 7.60 Å². The van der Waals surface area contributed by atoms with Crippen LogP contribution in [-0.4, -0.2) is 53.4 Å². The van der Waals surface area contributed by atoms with E-state index >= 15 is 0 Å². The summed E-state index contributed by atoms with van der Waals surface area (Å²) in [6, 6.07) is 0. The molecule has 1 aliphatic rings. The zero-order valence-electron chi connectivity index (χ0n) is 4.44. The third kappa shape index (κ3) is 2.34. The van der Waals surface area contributed by atoms with E-state index in [0.29, 0.717) is 0 Å². The van der Waals surface area contributed by atoms with Gasteiger partial charge in [-0.15, -0.1) is 0 Å². The van der Waals surface area contributed by atoms with E-state index < -0.39 is 13.3 Å². The molecule has 10 heavy (non-hydrogen) atoms. The van der Waals surface area contributed by atoms with Crippen molar-refractivity contribution in [3.05, 3.63) is 0 Å². The third-order valence-corrected chi connectivity index (χ3v) is 1.93. The first-order valence-electron chi connectivity index (χ1n) is 2.27. The van der Waals surface area contributed by atoms with Crippen LogP contribution in [0, 0.1) is 0 Å². The van der Waals surface area contributed by atoms with E-state index in [4.69, 9.17) is 4.89 Å². The number of hydrogen-bond donors (Lipinski definition) is 1. The number of rotatable bonds is 0. The van der Waals surface area contributed by atoms with Crippen molar-refractivity contribution in [3.63, 3.8) is 0 Å². The summed E-state index contributed by atoms with van der Waals surface area (Å²) >= 11 is 0. The summed E-state index contributed by atoms with van der Waals surface area (Å²) in [4.78, 5) is 18.8.